The van der Waals surface area contributed by atoms with Gasteiger partial charge in [0.25, 0.3) is 0 Å². The molecule has 0 fully saturated rings. The van der Waals surface area contributed by atoms with E-state index in [-0.39, 0.29) is 5.83 Å². The Morgan fingerprint density at radius 2 is 2.19 bits per heavy atom. The highest BCUT2D eigenvalue weighted by Crippen LogP contribution is 2.16. The van der Waals surface area contributed by atoms with Gasteiger partial charge in [0.2, 0.25) is 5.88 Å². The lowest BCUT2D eigenvalue weighted by Gasteiger charge is -2.06. The zero-order chi connectivity index (χ0) is 11.4. The zero-order valence-corrected chi connectivity index (χ0v) is 8.85. The first-order valence-corrected chi connectivity index (χ1v) is 4.93. The SMILES string of the molecule is Cc1cc(OC2=CC=C(F)C=CC2)ncn1. The van der Waals surface area contributed by atoms with E-state index in [1.54, 1.807) is 18.2 Å². The summed E-state index contributed by atoms with van der Waals surface area (Å²) in [7, 11) is 0. The van der Waals surface area contributed by atoms with Gasteiger partial charge >= 0.3 is 0 Å². The predicted molar refractivity (Wildman–Crippen MR) is 58.4 cm³/mol. The minimum atomic E-state index is -0.280. The molecule has 1 aliphatic carbocycles. The second kappa shape index (κ2) is 4.70. The second-order valence-corrected chi connectivity index (χ2v) is 3.39. The molecule has 0 atom stereocenters. The van der Waals surface area contributed by atoms with E-state index in [0.717, 1.165) is 5.69 Å². The molecular weight excluding hydrogens is 207 g/mol. The van der Waals surface area contributed by atoms with Crippen LogP contribution in [0.5, 0.6) is 5.88 Å². The van der Waals surface area contributed by atoms with Gasteiger partial charge in [-0.2, -0.15) is 0 Å². The lowest BCUT2D eigenvalue weighted by molar-refractivity contribution is 0.398. The molecule has 1 heterocycles. The maximum absolute atomic E-state index is 12.9. The monoisotopic (exact) mass is 218 g/mol. The first-order valence-electron chi connectivity index (χ1n) is 4.93. The number of nitrogens with zero attached hydrogens (tertiary/aromatic N) is 2. The highest BCUT2D eigenvalue weighted by Gasteiger charge is 2.03. The van der Waals surface area contributed by atoms with Gasteiger partial charge < -0.3 is 4.74 Å². The minimum absolute atomic E-state index is 0.280. The average Bonchev–Trinajstić information content (AvgIpc) is 2.44. The number of allylic oxidation sites excluding steroid dienone is 5. The van der Waals surface area contributed by atoms with Crippen molar-refractivity contribution in [1.82, 2.24) is 9.97 Å². The van der Waals surface area contributed by atoms with Gasteiger partial charge in [-0.05, 0) is 25.2 Å². The van der Waals surface area contributed by atoms with E-state index in [9.17, 15) is 4.39 Å². The highest BCUT2D eigenvalue weighted by atomic mass is 19.1. The van der Waals surface area contributed by atoms with Crippen molar-refractivity contribution < 1.29 is 9.13 Å². The highest BCUT2D eigenvalue weighted by molar-refractivity contribution is 5.26. The molecule has 0 bridgehead atoms. The van der Waals surface area contributed by atoms with E-state index in [1.807, 2.05) is 6.92 Å². The Bertz CT molecular complexity index is 478. The number of ether oxygens (including phenoxy) is 1. The molecule has 0 saturated heterocycles. The Kier molecular flexibility index (Phi) is 3.10. The minimum Gasteiger partial charge on any atom is -0.443 e. The van der Waals surface area contributed by atoms with Gasteiger partial charge in [0.15, 0.2) is 0 Å². The normalized spacial score (nSPS) is 15.1. The quantitative estimate of drug-likeness (QED) is 0.765. The molecule has 0 saturated carbocycles. The van der Waals surface area contributed by atoms with E-state index >= 15 is 0 Å². The van der Waals surface area contributed by atoms with Crippen molar-refractivity contribution >= 4 is 0 Å². The molecule has 0 unspecified atom stereocenters. The maximum atomic E-state index is 12.9. The van der Waals surface area contributed by atoms with E-state index in [0.29, 0.717) is 18.1 Å². The van der Waals surface area contributed by atoms with Crippen LogP contribution < -0.4 is 4.74 Å². The van der Waals surface area contributed by atoms with Crippen LogP contribution in [0.1, 0.15) is 12.1 Å². The van der Waals surface area contributed by atoms with Crippen molar-refractivity contribution in [3.8, 4) is 5.88 Å². The molecule has 4 heteroatoms. The van der Waals surface area contributed by atoms with Gasteiger partial charge in [0, 0.05) is 18.2 Å². The first kappa shape index (κ1) is 10.5. The van der Waals surface area contributed by atoms with Gasteiger partial charge in [-0.1, -0.05) is 6.08 Å². The first-order chi connectivity index (χ1) is 7.74. The summed E-state index contributed by atoms with van der Waals surface area (Å²) in [6.45, 7) is 1.86. The third-order valence-corrected chi connectivity index (χ3v) is 2.04. The van der Waals surface area contributed by atoms with E-state index in [1.165, 1.54) is 18.5 Å². The Labute approximate surface area is 93.0 Å². The van der Waals surface area contributed by atoms with Crippen LogP contribution >= 0.6 is 0 Å². The standard InChI is InChI=1S/C12H11FN2O/c1-9-7-12(15-8-14-9)16-11-4-2-3-10(13)5-6-11/h2-3,5-8H,4H2,1H3. The van der Waals surface area contributed by atoms with E-state index < -0.39 is 0 Å². The van der Waals surface area contributed by atoms with Crippen LogP contribution in [0, 0.1) is 6.92 Å². The Balaban J connectivity index is 2.14. The summed E-state index contributed by atoms with van der Waals surface area (Å²) in [6.07, 6.45) is 8.08. The van der Waals surface area contributed by atoms with Crippen LogP contribution in [0.4, 0.5) is 4.39 Å². The van der Waals surface area contributed by atoms with Gasteiger partial charge in [-0.3, -0.25) is 0 Å². The summed E-state index contributed by atoms with van der Waals surface area (Å²) in [5, 5.41) is 0. The van der Waals surface area contributed by atoms with Crippen molar-refractivity contribution in [3.63, 3.8) is 0 Å². The predicted octanol–water partition coefficient (Wildman–Crippen LogP) is 2.86. The van der Waals surface area contributed by atoms with Gasteiger partial charge in [0.1, 0.15) is 17.9 Å². The molecular formula is C12H11FN2O. The second-order valence-electron chi connectivity index (χ2n) is 3.39. The lowest BCUT2D eigenvalue weighted by atomic mass is 10.3. The van der Waals surface area contributed by atoms with Crippen LogP contribution in [0.25, 0.3) is 0 Å². The molecule has 0 radical (unpaired) electrons. The average molecular weight is 218 g/mol. The molecule has 0 amide bonds. The van der Waals surface area contributed by atoms with Crippen LogP contribution in [-0.4, -0.2) is 9.97 Å². The molecule has 1 aliphatic rings. The number of hydrogen-bond acceptors (Lipinski definition) is 3. The Morgan fingerprint density at radius 3 is 3.00 bits per heavy atom. The summed E-state index contributed by atoms with van der Waals surface area (Å²) in [5.41, 5.74) is 0.830. The van der Waals surface area contributed by atoms with E-state index in [4.69, 9.17) is 4.74 Å². The van der Waals surface area contributed by atoms with Gasteiger partial charge in [-0.15, -0.1) is 0 Å². The number of halogens is 1. The molecule has 0 N–H and O–H groups in total. The maximum Gasteiger partial charge on any atom is 0.222 e. The van der Waals surface area contributed by atoms with Crippen LogP contribution in [0.15, 0.2) is 48.3 Å². The molecule has 2 rings (SSSR count). The van der Waals surface area contributed by atoms with Crippen molar-refractivity contribution in [2.24, 2.45) is 0 Å². The topological polar surface area (TPSA) is 35.0 Å². The smallest absolute Gasteiger partial charge is 0.222 e. The Morgan fingerprint density at radius 1 is 1.31 bits per heavy atom. The fourth-order valence-corrected chi connectivity index (χ4v) is 1.28. The third-order valence-electron chi connectivity index (χ3n) is 2.04. The third kappa shape index (κ3) is 2.76. The molecule has 3 nitrogen and oxygen atoms in total. The zero-order valence-electron chi connectivity index (χ0n) is 8.85. The molecule has 0 spiro atoms. The molecule has 82 valence electrons. The molecule has 0 aromatic carbocycles. The summed E-state index contributed by atoms with van der Waals surface area (Å²) in [5.74, 6) is 0.849. The van der Waals surface area contributed by atoms with Crippen molar-refractivity contribution in [3.05, 3.63) is 54.0 Å². The molecule has 1 aromatic heterocycles. The van der Waals surface area contributed by atoms with E-state index in [2.05, 4.69) is 9.97 Å². The number of aromatic nitrogens is 2. The fourth-order valence-electron chi connectivity index (χ4n) is 1.28. The number of hydrogen-bond donors (Lipinski definition) is 0. The van der Waals surface area contributed by atoms with Crippen LogP contribution in [0.3, 0.4) is 0 Å². The van der Waals surface area contributed by atoms with Gasteiger partial charge in [-0.25, -0.2) is 14.4 Å². The fraction of sp³-hybridized carbons (Fsp3) is 0.167. The summed E-state index contributed by atoms with van der Waals surface area (Å²) in [6, 6.07) is 1.73. The van der Waals surface area contributed by atoms with Crippen molar-refractivity contribution in [1.29, 1.82) is 0 Å². The summed E-state index contributed by atoms with van der Waals surface area (Å²) in [4.78, 5) is 7.94. The molecule has 0 aliphatic heterocycles. The molecule has 1 aromatic rings. The summed E-state index contributed by atoms with van der Waals surface area (Å²) < 4.78 is 18.4. The summed E-state index contributed by atoms with van der Waals surface area (Å²) >= 11 is 0. The largest absolute Gasteiger partial charge is 0.443 e. The lowest BCUT2D eigenvalue weighted by Crippen LogP contribution is -1.97. The number of rotatable bonds is 2. The van der Waals surface area contributed by atoms with Crippen molar-refractivity contribution in [2.45, 2.75) is 13.3 Å². The van der Waals surface area contributed by atoms with Gasteiger partial charge in [0.05, 0.1) is 0 Å². The van der Waals surface area contributed by atoms with Crippen LogP contribution in [-0.2, 0) is 0 Å². The van der Waals surface area contributed by atoms with Crippen molar-refractivity contribution in [2.75, 3.05) is 0 Å². The number of aryl methyl sites for hydroxylation is 1. The van der Waals surface area contributed by atoms with Crippen LogP contribution in [0.2, 0.25) is 0 Å². The molecule has 16 heavy (non-hydrogen) atoms. The Hall–Kier alpha value is -1.97.